The monoisotopic (exact) mass is 449 g/mol. The van der Waals surface area contributed by atoms with E-state index in [1.54, 1.807) is 29.2 Å². The van der Waals surface area contributed by atoms with Crippen LogP contribution in [0, 0.1) is 10.1 Å². The lowest BCUT2D eigenvalue weighted by molar-refractivity contribution is -0.384. The lowest BCUT2D eigenvalue weighted by Crippen LogP contribution is -2.28. The first-order valence-corrected chi connectivity index (χ1v) is 10.5. The summed E-state index contributed by atoms with van der Waals surface area (Å²) in [6.45, 7) is 0.330. The van der Waals surface area contributed by atoms with E-state index in [9.17, 15) is 14.9 Å². The Hall–Kier alpha value is -3.55. The summed E-state index contributed by atoms with van der Waals surface area (Å²) in [4.78, 5) is 29.8. The molecule has 1 aromatic heterocycles. The maximum absolute atomic E-state index is 13.1. The van der Waals surface area contributed by atoms with E-state index in [4.69, 9.17) is 11.6 Å². The lowest BCUT2D eigenvalue weighted by atomic mass is 10.2. The fourth-order valence-electron chi connectivity index (χ4n) is 3.02. The van der Waals surface area contributed by atoms with Crippen LogP contribution in [0.5, 0.6) is 0 Å². The zero-order valence-corrected chi connectivity index (χ0v) is 17.7. The Balaban J connectivity index is 1.67. The largest absolute Gasteiger partial charge is 0.280 e. The van der Waals surface area contributed by atoms with Gasteiger partial charge in [-0.05, 0) is 29.3 Å². The highest BCUT2D eigenvalue weighted by atomic mass is 35.5. The highest BCUT2D eigenvalue weighted by molar-refractivity contribution is 7.22. The van der Waals surface area contributed by atoms with Crippen molar-refractivity contribution in [2.24, 2.45) is 0 Å². The van der Waals surface area contributed by atoms with E-state index in [1.165, 1.54) is 29.5 Å². The van der Waals surface area contributed by atoms with Crippen molar-refractivity contribution in [3.05, 3.63) is 105 Å². The van der Waals surface area contributed by atoms with Gasteiger partial charge in [0.05, 0.1) is 21.2 Å². The molecule has 3 aromatic carbocycles. The molecule has 1 amide bonds. The van der Waals surface area contributed by atoms with Crippen molar-refractivity contribution < 1.29 is 9.72 Å². The summed E-state index contributed by atoms with van der Waals surface area (Å²) in [6.07, 6.45) is 2.96. The molecule has 0 saturated heterocycles. The number of benzene rings is 3. The summed E-state index contributed by atoms with van der Waals surface area (Å²) < 4.78 is 0.885. The van der Waals surface area contributed by atoms with Crippen LogP contribution >= 0.6 is 22.9 Å². The normalized spacial score (nSPS) is 11.1. The van der Waals surface area contributed by atoms with Gasteiger partial charge in [-0.15, -0.1) is 0 Å². The minimum absolute atomic E-state index is 0.0310. The molecular weight excluding hydrogens is 434 g/mol. The highest BCUT2D eigenvalue weighted by Crippen LogP contribution is 2.33. The van der Waals surface area contributed by atoms with Crippen LogP contribution in [0.3, 0.4) is 0 Å². The molecule has 4 aromatic rings. The molecule has 0 saturated carbocycles. The first kappa shape index (κ1) is 20.7. The van der Waals surface area contributed by atoms with Crippen molar-refractivity contribution in [2.45, 2.75) is 6.54 Å². The van der Waals surface area contributed by atoms with Crippen LogP contribution in [-0.4, -0.2) is 15.8 Å². The molecule has 4 rings (SSSR count). The van der Waals surface area contributed by atoms with Gasteiger partial charge in [-0.1, -0.05) is 71.5 Å². The molecule has 0 bridgehead atoms. The van der Waals surface area contributed by atoms with Gasteiger partial charge in [0.25, 0.3) is 11.6 Å². The Kier molecular flexibility index (Phi) is 6.06. The molecule has 8 heteroatoms. The van der Waals surface area contributed by atoms with Crippen LogP contribution in [0.4, 0.5) is 10.8 Å². The Labute approximate surface area is 187 Å². The number of hydrogen-bond donors (Lipinski definition) is 0. The number of halogens is 1. The molecule has 0 atom stereocenters. The number of anilines is 1. The van der Waals surface area contributed by atoms with Crippen LogP contribution in [-0.2, 0) is 11.3 Å². The standard InChI is InChI=1S/C23H16ClN3O3S/c24-19-10-5-11-20-22(19)25-23(31-20)26(15-17-6-2-1-3-7-17)21(28)13-12-16-8-4-9-18(14-16)27(29)30/h1-14H,15H2/b13-12+. The number of carbonyl (C=O) groups excluding carboxylic acids is 1. The number of nitro groups is 1. The van der Waals surface area contributed by atoms with Crippen LogP contribution in [0.25, 0.3) is 16.3 Å². The molecule has 0 unspecified atom stereocenters. The number of para-hydroxylation sites is 1. The van der Waals surface area contributed by atoms with Gasteiger partial charge in [0.2, 0.25) is 0 Å². The minimum Gasteiger partial charge on any atom is -0.280 e. The van der Waals surface area contributed by atoms with E-state index in [2.05, 4.69) is 4.98 Å². The summed E-state index contributed by atoms with van der Waals surface area (Å²) in [5.74, 6) is -0.287. The van der Waals surface area contributed by atoms with Gasteiger partial charge in [-0.2, -0.15) is 0 Å². The number of nitro benzene ring substituents is 1. The molecule has 0 aliphatic rings. The van der Waals surface area contributed by atoms with Gasteiger partial charge < -0.3 is 0 Å². The maximum atomic E-state index is 13.1. The predicted octanol–water partition coefficient (Wildman–Crippen LogP) is 6.10. The molecule has 0 aliphatic heterocycles. The van der Waals surface area contributed by atoms with Crippen LogP contribution in [0.1, 0.15) is 11.1 Å². The van der Waals surface area contributed by atoms with Gasteiger partial charge in [0, 0.05) is 18.2 Å². The second kappa shape index (κ2) is 9.07. The Bertz CT molecular complexity index is 1290. The second-order valence-corrected chi connectivity index (χ2v) is 8.09. The van der Waals surface area contributed by atoms with Crippen molar-refractivity contribution in [1.29, 1.82) is 0 Å². The molecule has 0 fully saturated rings. The number of hydrogen-bond acceptors (Lipinski definition) is 5. The van der Waals surface area contributed by atoms with E-state index in [-0.39, 0.29) is 11.6 Å². The van der Waals surface area contributed by atoms with Crippen molar-refractivity contribution in [2.75, 3.05) is 4.90 Å². The van der Waals surface area contributed by atoms with E-state index in [0.29, 0.717) is 27.8 Å². The highest BCUT2D eigenvalue weighted by Gasteiger charge is 2.19. The second-order valence-electron chi connectivity index (χ2n) is 6.68. The minimum atomic E-state index is -0.467. The SMILES string of the molecule is O=C(/C=C/c1cccc([N+](=O)[O-])c1)N(Cc1ccccc1)c1nc2c(Cl)cccc2s1. The number of amides is 1. The molecule has 6 nitrogen and oxygen atoms in total. The van der Waals surface area contributed by atoms with Gasteiger partial charge in [0.1, 0.15) is 5.52 Å². The summed E-state index contributed by atoms with van der Waals surface area (Å²) >= 11 is 7.65. The molecule has 0 aliphatic carbocycles. The van der Waals surface area contributed by atoms with Gasteiger partial charge in [0.15, 0.2) is 5.13 Å². The molecule has 0 N–H and O–H groups in total. The first-order valence-electron chi connectivity index (χ1n) is 9.34. The first-order chi connectivity index (χ1) is 15.0. The fraction of sp³-hybridized carbons (Fsp3) is 0.0435. The molecule has 154 valence electrons. The number of fused-ring (bicyclic) bond motifs is 1. The molecule has 0 radical (unpaired) electrons. The van der Waals surface area contributed by atoms with Gasteiger partial charge in [-0.3, -0.25) is 19.8 Å². The van der Waals surface area contributed by atoms with Crippen molar-refractivity contribution in [3.8, 4) is 0 Å². The average molecular weight is 450 g/mol. The quantitative estimate of drug-likeness (QED) is 0.202. The number of aromatic nitrogens is 1. The van der Waals surface area contributed by atoms with E-state index in [0.717, 1.165) is 10.3 Å². The molecule has 0 spiro atoms. The predicted molar refractivity (Wildman–Crippen MR) is 124 cm³/mol. The van der Waals surface area contributed by atoms with Crippen LogP contribution < -0.4 is 4.90 Å². The average Bonchev–Trinajstić information content (AvgIpc) is 3.22. The van der Waals surface area contributed by atoms with Crippen molar-refractivity contribution in [1.82, 2.24) is 4.98 Å². The summed E-state index contributed by atoms with van der Waals surface area (Å²) in [5.41, 5.74) is 2.13. The molecular formula is C23H16ClN3O3S. The third-order valence-corrected chi connectivity index (χ3v) is 5.89. The number of nitrogens with zero attached hydrogens (tertiary/aromatic N) is 3. The van der Waals surface area contributed by atoms with Gasteiger partial charge in [-0.25, -0.2) is 4.98 Å². The zero-order valence-electron chi connectivity index (χ0n) is 16.1. The summed E-state index contributed by atoms with van der Waals surface area (Å²) in [7, 11) is 0. The Morgan fingerprint density at radius 1 is 1.10 bits per heavy atom. The number of rotatable bonds is 6. The Morgan fingerprint density at radius 2 is 1.87 bits per heavy atom. The number of carbonyl (C=O) groups is 1. The van der Waals surface area contributed by atoms with E-state index in [1.807, 2.05) is 42.5 Å². The zero-order chi connectivity index (χ0) is 21.8. The maximum Gasteiger partial charge on any atom is 0.270 e. The topological polar surface area (TPSA) is 76.3 Å². The smallest absolute Gasteiger partial charge is 0.270 e. The Morgan fingerprint density at radius 3 is 2.61 bits per heavy atom. The van der Waals surface area contributed by atoms with Crippen LogP contribution in [0.15, 0.2) is 78.9 Å². The van der Waals surface area contributed by atoms with Crippen LogP contribution in [0.2, 0.25) is 5.02 Å². The molecule has 1 heterocycles. The summed E-state index contributed by atoms with van der Waals surface area (Å²) in [6, 6.07) is 21.2. The summed E-state index contributed by atoms with van der Waals surface area (Å²) in [5, 5.41) is 12.0. The lowest BCUT2D eigenvalue weighted by Gasteiger charge is -2.18. The van der Waals surface area contributed by atoms with E-state index >= 15 is 0 Å². The van der Waals surface area contributed by atoms with Crippen molar-refractivity contribution >= 4 is 56.0 Å². The number of non-ortho nitro benzene ring substituents is 1. The third kappa shape index (κ3) is 4.79. The number of thiazole rings is 1. The van der Waals surface area contributed by atoms with Crippen molar-refractivity contribution in [3.63, 3.8) is 0 Å². The fourth-order valence-corrected chi connectivity index (χ4v) is 4.29. The molecule has 31 heavy (non-hydrogen) atoms. The third-order valence-electron chi connectivity index (χ3n) is 4.54. The van der Waals surface area contributed by atoms with Gasteiger partial charge >= 0.3 is 0 Å². The van der Waals surface area contributed by atoms with E-state index < -0.39 is 4.92 Å².